The molecule has 0 N–H and O–H groups in total. The maximum absolute atomic E-state index is 6.03. The molecule has 0 aromatic carbocycles. The Labute approximate surface area is 94.5 Å². The van der Waals surface area contributed by atoms with Crippen LogP contribution in [0.3, 0.4) is 0 Å². The van der Waals surface area contributed by atoms with E-state index in [2.05, 4.69) is 15.2 Å². The third-order valence-electron chi connectivity index (χ3n) is 2.14. The van der Waals surface area contributed by atoms with Crippen LogP contribution in [0.1, 0.15) is 0 Å². The Morgan fingerprint density at radius 1 is 1.13 bits per heavy atom. The van der Waals surface area contributed by atoms with Gasteiger partial charge in [0.25, 0.3) is 0 Å². The van der Waals surface area contributed by atoms with E-state index < -0.39 is 0 Å². The van der Waals surface area contributed by atoms with Gasteiger partial charge in [0.05, 0.1) is 5.02 Å². The van der Waals surface area contributed by atoms with Gasteiger partial charge in [0.15, 0.2) is 5.65 Å². The standard InChI is InChI=1S/C9H4Cl2N4/c10-6-3-5-1-2-7(11)13-8(5)15-4-12-14-9(6)15/h1-4H. The van der Waals surface area contributed by atoms with Gasteiger partial charge in [0.1, 0.15) is 17.1 Å². The van der Waals surface area contributed by atoms with Gasteiger partial charge in [-0.3, -0.25) is 4.40 Å². The summed E-state index contributed by atoms with van der Waals surface area (Å²) < 4.78 is 1.71. The Morgan fingerprint density at radius 3 is 2.87 bits per heavy atom. The molecule has 0 fully saturated rings. The van der Waals surface area contributed by atoms with E-state index in [1.807, 2.05) is 6.07 Å². The second-order valence-electron chi connectivity index (χ2n) is 3.06. The minimum absolute atomic E-state index is 0.430. The van der Waals surface area contributed by atoms with Crippen LogP contribution in [0.25, 0.3) is 16.7 Å². The summed E-state index contributed by atoms with van der Waals surface area (Å²) in [5, 5.41) is 9.56. The van der Waals surface area contributed by atoms with Crippen LogP contribution in [0.2, 0.25) is 10.2 Å². The van der Waals surface area contributed by atoms with E-state index in [-0.39, 0.29) is 0 Å². The topological polar surface area (TPSA) is 43.1 Å². The quantitative estimate of drug-likeness (QED) is 0.566. The molecule has 3 heterocycles. The van der Waals surface area contributed by atoms with E-state index in [1.165, 1.54) is 0 Å². The highest BCUT2D eigenvalue weighted by molar-refractivity contribution is 6.34. The number of hydrogen-bond acceptors (Lipinski definition) is 3. The SMILES string of the molecule is Clc1ccc2cc(Cl)c3nncn3c2n1. The van der Waals surface area contributed by atoms with E-state index in [0.717, 1.165) is 5.39 Å². The van der Waals surface area contributed by atoms with Gasteiger partial charge in [-0.1, -0.05) is 23.2 Å². The predicted molar refractivity (Wildman–Crippen MR) is 58.3 cm³/mol. The van der Waals surface area contributed by atoms with Crippen LogP contribution in [-0.4, -0.2) is 19.6 Å². The predicted octanol–water partition coefficient (Wildman–Crippen LogP) is 2.58. The van der Waals surface area contributed by atoms with Crippen molar-refractivity contribution in [1.29, 1.82) is 0 Å². The lowest BCUT2D eigenvalue weighted by Gasteiger charge is -2.01. The highest BCUT2D eigenvalue weighted by Crippen LogP contribution is 2.23. The van der Waals surface area contributed by atoms with Gasteiger partial charge in [-0.15, -0.1) is 10.2 Å². The zero-order valence-corrected chi connectivity index (χ0v) is 8.87. The van der Waals surface area contributed by atoms with Crippen molar-refractivity contribution in [2.45, 2.75) is 0 Å². The zero-order valence-electron chi connectivity index (χ0n) is 7.35. The van der Waals surface area contributed by atoms with Crippen LogP contribution in [0.15, 0.2) is 24.5 Å². The molecule has 3 aromatic heterocycles. The average Bonchev–Trinajstić information content (AvgIpc) is 2.69. The number of halogens is 2. The first-order valence-corrected chi connectivity index (χ1v) is 4.96. The van der Waals surface area contributed by atoms with Gasteiger partial charge in [-0.05, 0) is 18.2 Å². The third kappa shape index (κ3) is 1.26. The molecule has 3 rings (SSSR count). The summed E-state index contributed by atoms with van der Waals surface area (Å²) in [6, 6.07) is 5.37. The Kier molecular flexibility index (Phi) is 1.81. The molecule has 0 saturated carbocycles. The molecule has 0 amide bonds. The van der Waals surface area contributed by atoms with Crippen LogP contribution in [-0.2, 0) is 0 Å². The molecule has 0 saturated heterocycles. The summed E-state index contributed by atoms with van der Waals surface area (Å²) >= 11 is 11.9. The van der Waals surface area contributed by atoms with Crippen molar-refractivity contribution in [2.24, 2.45) is 0 Å². The number of aromatic nitrogens is 4. The molecule has 0 aliphatic heterocycles. The highest BCUT2D eigenvalue weighted by Gasteiger charge is 2.07. The third-order valence-corrected chi connectivity index (χ3v) is 2.63. The van der Waals surface area contributed by atoms with Crippen LogP contribution < -0.4 is 0 Å². The van der Waals surface area contributed by atoms with E-state index in [0.29, 0.717) is 21.5 Å². The Balaban J connectivity index is 2.61. The van der Waals surface area contributed by atoms with Crippen molar-refractivity contribution in [1.82, 2.24) is 19.6 Å². The second-order valence-corrected chi connectivity index (χ2v) is 3.86. The molecule has 0 atom stereocenters. The van der Waals surface area contributed by atoms with Gasteiger partial charge in [-0.2, -0.15) is 0 Å². The monoisotopic (exact) mass is 238 g/mol. The van der Waals surface area contributed by atoms with Crippen LogP contribution in [0.4, 0.5) is 0 Å². The number of fused-ring (bicyclic) bond motifs is 3. The maximum atomic E-state index is 6.03. The van der Waals surface area contributed by atoms with E-state index in [1.54, 1.807) is 22.9 Å². The first-order valence-electron chi connectivity index (χ1n) is 4.20. The van der Waals surface area contributed by atoms with Crippen LogP contribution in [0.5, 0.6) is 0 Å². The van der Waals surface area contributed by atoms with Crippen molar-refractivity contribution in [3.05, 3.63) is 34.7 Å². The van der Waals surface area contributed by atoms with Crippen molar-refractivity contribution >= 4 is 39.9 Å². The summed E-state index contributed by atoms with van der Waals surface area (Å²) in [4.78, 5) is 4.21. The molecule has 0 radical (unpaired) electrons. The van der Waals surface area contributed by atoms with Crippen molar-refractivity contribution in [3.63, 3.8) is 0 Å². The zero-order chi connectivity index (χ0) is 10.4. The molecule has 0 bridgehead atoms. The van der Waals surface area contributed by atoms with E-state index in [9.17, 15) is 0 Å². The van der Waals surface area contributed by atoms with Gasteiger partial charge >= 0.3 is 0 Å². The molecule has 4 nitrogen and oxygen atoms in total. The number of hydrogen-bond donors (Lipinski definition) is 0. The number of nitrogens with zero attached hydrogens (tertiary/aromatic N) is 4. The molecular formula is C9H4Cl2N4. The summed E-state index contributed by atoms with van der Waals surface area (Å²) in [6.45, 7) is 0. The first-order chi connectivity index (χ1) is 7.25. The molecule has 74 valence electrons. The lowest BCUT2D eigenvalue weighted by Crippen LogP contribution is -1.91. The summed E-state index contributed by atoms with van der Waals surface area (Å²) in [5.41, 5.74) is 1.28. The smallest absolute Gasteiger partial charge is 0.181 e. The molecule has 15 heavy (non-hydrogen) atoms. The summed E-state index contributed by atoms with van der Waals surface area (Å²) in [5.74, 6) is 0. The second kappa shape index (κ2) is 3.05. The minimum Gasteiger partial charge on any atom is -0.264 e. The van der Waals surface area contributed by atoms with Crippen LogP contribution in [0, 0.1) is 0 Å². The Morgan fingerprint density at radius 2 is 2.00 bits per heavy atom. The van der Waals surface area contributed by atoms with Crippen molar-refractivity contribution in [2.75, 3.05) is 0 Å². The summed E-state index contributed by atoms with van der Waals surface area (Å²) in [6.07, 6.45) is 1.56. The van der Waals surface area contributed by atoms with Gasteiger partial charge in [-0.25, -0.2) is 4.98 Å². The number of pyridine rings is 2. The Bertz CT molecular complexity index is 662. The van der Waals surface area contributed by atoms with Gasteiger partial charge in [0.2, 0.25) is 0 Å². The largest absolute Gasteiger partial charge is 0.264 e. The fourth-order valence-electron chi connectivity index (χ4n) is 1.50. The maximum Gasteiger partial charge on any atom is 0.181 e. The molecule has 0 aliphatic carbocycles. The molecule has 0 unspecified atom stereocenters. The van der Waals surface area contributed by atoms with Crippen molar-refractivity contribution in [3.8, 4) is 0 Å². The van der Waals surface area contributed by atoms with Gasteiger partial charge in [0, 0.05) is 5.39 Å². The molecular weight excluding hydrogens is 235 g/mol. The van der Waals surface area contributed by atoms with E-state index in [4.69, 9.17) is 23.2 Å². The molecule has 3 aromatic rings. The fraction of sp³-hybridized carbons (Fsp3) is 0. The average molecular weight is 239 g/mol. The Hall–Kier alpha value is -1.39. The van der Waals surface area contributed by atoms with Crippen LogP contribution >= 0.6 is 23.2 Å². The van der Waals surface area contributed by atoms with Gasteiger partial charge < -0.3 is 0 Å². The molecule has 0 spiro atoms. The normalized spacial score (nSPS) is 11.3. The first kappa shape index (κ1) is 8.88. The lowest BCUT2D eigenvalue weighted by molar-refractivity contribution is 1.10. The molecule has 6 heteroatoms. The highest BCUT2D eigenvalue weighted by atomic mass is 35.5. The lowest BCUT2D eigenvalue weighted by atomic mass is 10.3. The minimum atomic E-state index is 0.430. The summed E-state index contributed by atoms with van der Waals surface area (Å²) in [7, 11) is 0. The van der Waals surface area contributed by atoms with Crippen molar-refractivity contribution < 1.29 is 0 Å². The number of rotatable bonds is 0. The van der Waals surface area contributed by atoms with E-state index >= 15 is 0 Å². The molecule has 0 aliphatic rings. The fourth-order valence-corrected chi connectivity index (χ4v) is 1.89.